The number of nitrogens with zero attached hydrogens (tertiary/aromatic N) is 3. The van der Waals surface area contributed by atoms with Gasteiger partial charge in [-0.25, -0.2) is 4.39 Å². The zero-order valence-corrected chi connectivity index (χ0v) is 16.4. The highest BCUT2D eigenvalue weighted by molar-refractivity contribution is 5.51. The Morgan fingerprint density at radius 3 is 2.68 bits per heavy atom. The zero-order chi connectivity index (χ0) is 19.9. The van der Waals surface area contributed by atoms with Gasteiger partial charge in [0.05, 0.1) is 5.56 Å². The molecule has 0 radical (unpaired) electrons. The van der Waals surface area contributed by atoms with Gasteiger partial charge in [0, 0.05) is 38.0 Å². The molecule has 152 valence electrons. The molecule has 1 amide bonds. The number of hydrogen-bond donors (Lipinski definition) is 1. The van der Waals surface area contributed by atoms with Crippen LogP contribution in [0.5, 0.6) is 0 Å². The van der Waals surface area contributed by atoms with Crippen LogP contribution in [0.2, 0.25) is 0 Å². The normalized spacial score (nSPS) is 25.2. The highest BCUT2D eigenvalue weighted by Crippen LogP contribution is 2.29. The molecule has 1 aromatic carbocycles. The van der Waals surface area contributed by atoms with Crippen LogP contribution in [-0.4, -0.2) is 48.7 Å². The maximum absolute atomic E-state index is 14.0. The molecule has 28 heavy (non-hydrogen) atoms. The Morgan fingerprint density at radius 1 is 1.25 bits per heavy atom. The van der Waals surface area contributed by atoms with Crippen LogP contribution in [0, 0.1) is 29.0 Å². The molecular formula is C22H30FN3O2. The minimum absolute atomic E-state index is 0.0786. The standard InChI is InChI=1S/C22H30FN3O2/c23-22-12-21(8-5-19(22)13-24)25-10-1-2-17(14-25)9-11-26(16-28)20-6-3-18(15-27)4-7-20/h5,8,12,16-18,20,27H,1-4,6-7,9-11,14-15H2. The van der Waals surface area contributed by atoms with E-state index in [0.29, 0.717) is 17.9 Å². The fourth-order valence-corrected chi connectivity index (χ4v) is 4.64. The van der Waals surface area contributed by atoms with Gasteiger partial charge in [0.1, 0.15) is 11.9 Å². The number of aliphatic hydroxyl groups is 1. The van der Waals surface area contributed by atoms with E-state index >= 15 is 0 Å². The first-order valence-electron chi connectivity index (χ1n) is 10.4. The molecule has 0 bridgehead atoms. The van der Waals surface area contributed by atoms with Crippen molar-refractivity contribution in [2.45, 2.75) is 51.0 Å². The van der Waals surface area contributed by atoms with Crippen LogP contribution in [0.25, 0.3) is 0 Å². The summed E-state index contributed by atoms with van der Waals surface area (Å²) in [4.78, 5) is 15.8. The first-order chi connectivity index (χ1) is 13.6. The first-order valence-corrected chi connectivity index (χ1v) is 10.4. The van der Waals surface area contributed by atoms with Crippen molar-refractivity contribution in [3.05, 3.63) is 29.6 Å². The van der Waals surface area contributed by atoms with E-state index in [0.717, 1.165) is 76.7 Å². The van der Waals surface area contributed by atoms with Crippen molar-refractivity contribution in [1.82, 2.24) is 4.90 Å². The van der Waals surface area contributed by atoms with Gasteiger partial charge in [-0.2, -0.15) is 5.26 Å². The van der Waals surface area contributed by atoms with Crippen LogP contribution in [0.1, 0.15) is 50.5 Å². The second-order valence-electron chi connectivity index (χ2n) is 8.22. The quantitative estimate of drug-likeness (QED) is 0.729. The minimum atomic E-state index is -0.465. The van der Waals surface area contributed by atoms with Crippen LogP contribution in [0.15, 0.2) is 18.2 Å². The summed E-state index contributed by atoms with van der Waals surface area (Å²) in [5.41, 5.74) is 0.908. The van der Waals surface area contributed by atoms with E-state index < -0.39 is 5.82 Å². The predicted octanol–water partition coefficient (Wildman–Crippen LogP) is 3.31. The second-order valence-corrected chi connectivity index (χ2v) is 8.22. The summed E-state index contributed by atoms with van der Waals surface area (Å²) in [6, 6.07) is 6.99. The van der Waals surface area contributed by atoms with Gasteiger partial charge >= 0.3 is 0 Å². The number of benzene rings is 1. The van der Waals surface area contributed by atoms with Crippen molar-refractivity contribution in [2.24, 2.45) is 11.8 Å². The Kier molecular flexibility index (Phi) is 7.27. The first kappa shape index (κ1) is 20.6. The van der Waals surface area contributed by atoms with Crippen LogP contribution >= 0.6 is 0 Å². The number of nitriles is 1. The maximum Gasteiger partial charge on any atom is 0.209 e. The maximum atomic E-state index is 14.0. The van der Waals surface area contributed by atoms with Crippen molar-refractivity contribution < 1.29 is 14.3 Å². The van der Waals surface area contributed by atoms with Gasteiger partial charge in [-0.05, 0) is 75.0 Å². The molecule has 6 heteroatoms. The molecule has 0 aromatic heterocycles. The lowest BCUT2D eigenvalue weighted by Gasteiger charge is -2.37. The average molecular weight is 387 g/mol. The molecule has 1 heterocycles. The topological polar surface area (TPSA) is 67.6 Å². The molecular weight excluding hydrogens is 357 g/mol. The van der Waals surface area contributed by atoms with Crippen molar-refractivity contribution in [2.75, 3.05) is 31.1 Å². The molecule has 1 unspecified atom stereocenters. The summed E-state index contributed by atoms with van der Waals surface area (Å²) >= 11 is 0. The van der Waals surface area contributed by atoms with Gasteiger partial charge in [-0.15, -0.1) is 0 Å². The van der Waals surface area contributed by atoms with E-state index in [1.54, 1.807) is 6.07 Å². The number of hydrogen-bond acceptors (Lipinski definition) is 4. The molecule has 1 saturated carbocycles. The number of rotatable bonds is 7. The summed E-state index contributed by atoms with van der Waals surface area (Å²) in [6.07, 6.45) is 8.05. The van der Waals surface area contributed by atoms with Gasteiger partial charge in [0.25, 0.3) is 0 Å². The molecule has 5 nitrogen and oxygen atoms in total. The van der Waals surface area contributed by atoms with E-state index in [9.17, 15) is 14.3 Å². The van der Waals surface area contributed by atoms with E-state index in [1.807, 2.05) is 17.0 Å². The van der Waals surface area contributed by atoms with Gasteiger partial charge in [0.2, 0.25) is 6.41 Å². The molecule has 0 spiro atoms. The summed E-state index contributed by atoms with van der Waals surface area (Å²) in [5, 5.41) is 18.2. The predicted molar refractivity (Wildman–Crippen MR) is 106 cm³/mol. The Hall–Kier alpha value is -2.13. The molecule has 1 aliphatic heterocycles. The number of carbonyl (C=O) groups is 1. The van der Waals surface area contributed by atoms with Crippen LogP contribution in [0.3, 0.4) is 0 Å². The van der Waals surface area contributed by atoms with Crippen molar-refractivity contribution >= 4 is 12.1 Å². The van der Waals surface area contributed by atoms with E-state index in [2.05, 4.69) is 4.90 Å². The number of anilines is 1. The van der Waals surface area contributed by atoms with E-state index in [-0.39, 0.29) is 12.2 Å². The van der Waals surface area contributed by atoms with Gasteiger partial charge in [-0.1, -0.05) is 0 Å². The minimum Gasteiger partial charge on any atom is -0.396 e. The van der Waals surface area contributed by atoms with Crippen molar-refractivity contribution in [3.63, 3.8) is 0 Å². The molecule has 1 aliphatic carbocycles. The smallest absolute Gasteiger partial charge is 0.209 e. The summed E-state index contributed by atoms with van der Waals surface area (Å²) < 4.78 is 14.0. The number of piperidine rings is 1. The second kappa shape index (κ2) is 9.88. The highest BCUT2D eigenvalue weighted by atomic mass is 19.1. The van der Waals surface area contributed by atoms with Crippen LogP contribution < -0.4 is 4.90 Å². The third-order valence-electron chi connectivity index (χ3n) is 6.43. The summed E-state index contributed by atoms with van der Waals surface area (Å²) in [7, 11) is 0. The third kappa shape index (κ3) is 5.02. The Balaban J connectivity index is 1.52. The molecule has 1 atom stereocenters. The van der Waals surface area contributed by atoms with Crippen molar-refractivity contribution in [3.8, 4) is 6.07 Å². The SMILES string of the molecule is N#Cc1ccc(N2CCCC(CCN(C=O)C3CCC(CO)CC3)C2)cc1F. The number of carbonyl (C=O) groups excluding carboxylic acids is 1. The third-order valence-corrected chi connectivity index (χ3v) is 6.43. The zero-order valence-electron chi connectivity index (χ0n) is 16.4. The van der Waals surface area contributed by atoms with Gasteiger partial charge in [-0.3, -0.25) is 4.79 Å². The molecule has 1 aromatic rings. The lowest BCUT2D eigenvalue weighted by Crippen LogP contribution is -2.41. The molecule has 1 N–H and O–H groups in total. The molecule has 3 rings (SSSR count). The fraction of sp³-hybridized carbons (Fsp3) is 0.636. The lowest BCUT2D eigenvalue weighted by atomic mass is 9.85. The fourth-order valence-electron chi connectivity index (χ4n) is 4.64. The van der Waals surface area contributed by atoms with E-state index in [1.165, 1.54) is 6.07 Å². The van der Waals surface area contributed by atoms with Crippen LogP contribution in [0.4, 0.5) is 10.1 Å². The van der Waals surface area contributed by atoms with Crippen LogP contribution in [-0.2, 0) is 4.79 Å². The Bertz CT molecular complexity index is 698. The Morgan fingerprint density at radius 2 is 2.04 bits per heavy atom. The molecule has 1 saturated heterocycles. The van der Waals surface area contributed by atoms with Crippen molar-refractivity contribution in [1.29, 1.82) is 5.26 Å². The largest absolute Gasteiger partial charge is 0.396 e. The monoisotopic (exact) mass is 387 g/mol. The number of halogens is 1. The number of aliphatic hydroxyl groups excluding tert-OH is 1. The summed E-state index contributed by atoms with van der Waals surface area (Å²) in [6.45, 7) is 2.76. The van der Waals surface area contributed by atoms with Gasteiger partial charge in [0.15, 0.2) is 0 Å². The average Bonchev–Trinajstić information content (AvgIpc) is 2.74. The summed E-state index contributed by atoms with van der Waals surface area (Å²) in [5.74, 6) is 0.404. The molecule has 2 aliphatic rings. The number of amides is 1. The van der Waals surface area contributed by atoms with Gasteiger partial charge < -0.3 is 14.9 Å². The highest BCUT2D eigenvalue weighted by Gasteiger charge is 2.26. The Labute approximate surface area is 166 Å². The molecule has 2 fully saturated rings. The van der Waals surface area contributed by atoms with E-state index in [4.69, 9.17) is 5.26 Å². The lowest BCUT2D eigenvalue weighted by molar-refractivity contribution is -0.121.